The highest BCUT2D eigenvalue weighted by Crippen LogP contribution is 2.37. The van der Waals surface area contributed by atoms with Gasteiger partial charge < -0.3 is 88.6 Å². The average molecular weight is 1380 g/mol. The van der Waals surface area contributed by atoms with Gasteiger partial charge in [0.1, 0.15) is 18.3 Å². The summed E-state index contributed by atoms with van der Waals surface area (Å²) in [5.41, 5.74) is 1.37. The minimum Gasteiger partial charge on any atom is -0.495 e. The first kappa shape index (κ1) is 84.2. The van der Waals surface area contributed by atoms with Gasteiger partial charge in [-0.15, -0.1) is 0 Å². The van der Waals surface area contributed by atoms with Crippen LogP contribution in [0.15, 0.2) is 71.6 Å². The molecule has 0 aromatic heterocycles. The molecule has 0 saturated carbocycles. The quantitative estimate of drug-likeness (QED) is 0.0544. The lowest BCUT2D eigenvalue weighted by Crippen LogP contribution is -2.45. The summed E-state index contributed by atoms with van der Waals surface area (Å²) in [7, 11) is 4.86. The smallest absolute Gasteiger partial charge is 0.331 e. The second-order valence-electron chi connectivity index (χ2n) is 30.1. The number of carbonyl (C=O) groups is 2. The summed E-state index contributed by atoms with van der Waals surface area (Å²) in [4.78, 5) is 27.8. The highest BCUT2D eigenvalue weighted by Gasteiger charge is 2.42. The number of ether oxygens (including phenoxy) is 9. The van der Waals surface area contributed by atoms with E-state index in [1.807, 2.05) is 85.8 Å². The van der Waals surface area contributed by atoms with Gasteiger partial charge in [-0.2, -0.15) is 0 Å². The van der Waals surface area contributed by atoms with E-state index >= 15 is 0 Å². The molecule has 5 aliphatic rings. The molecule has 5 rings (SSSR count). The van der Waals surface area contributed by atoms with Crippen molar-refractivity contribution in [2.24, 2.45) is 47.3 Å². The number of aliphatic hydroxyl groups excluding tert-OH is 9. The summed E-state index contributed by atoms with van der Waals surface area (Å²) in [6.07, 6.45) is 11.6. The van der Waals surface area contributed by atoms with E-state index in [9.17, 15) is 55.5 Å². The first-order valence-electron chi connectivity index (χ1n) is 36.7. The molecule has 5 aliphatic heterocycles. The number of carbonyl (C=O) groups excluding carboxylic acids is 2. The number of aliphatic hydroxyl groups is 9. The third kappa shape index (κ3) is 28.0. The summed E-state index contributed by atoms with van der Waals surface area (Å²) in [6, 6.07) is 0. The molecule has 20 nitrogen and oxygen atoms in total. The zero-order valence-corrected chi connectivity index (χ0v) is 61.4. The molecule has 29 atom stereocenters. The van der Waals surface area contributed by atoms with Crippen LogP contribution in [0, 0.1) is 47.3 Å². The van der Waals surface area contributed by atoms with Gasteiger partial charge in [0.2, 0.25) is 0 Å². The second-order valence-corrected chi connectivity index (χ2v) is 30.1. The highest BCUT2D eigenvalue weighted by atomic mass is 16.6. The van der Waals surface area contributed by atoms with E-state index < -0.39 is 133 Å². The van der Waals surface area contributed by atoms with Gasteiger partial charge in [-0.25, -0.2) is 9.59 Å². The van der Waals surface area contributed by atoms with Gasteiger partial charge in [0, 0.05) is 94.7 Å². The fourth-order valence-electron chi connectivity index (χ4n) is 15.2. The lowest BCUT2D eigenvalue weighted by Gasteiger charge is -2.38. The van der Waals surface area contributed by atoms with Crippen LogP contribution in [0.2, 0.25) is 0 Å². The van der Waals surface area contributed by atoms with Crippen molar-refractivity contribution in [3.63, 3.8) is 0 Å². The first-order valence-corrected chi connectivity index (χ1v) is 36.7. The van der Waals surface area contributed by atoms with Crippen molar-refractivity contribution in [1.82, 2.24) is 0 Å². The standard InChI is InChI=1S/C77H130O20/c1-44-22-28-56(78)36-59-19-17-21-62(95-59)41-71(91-15)51(8)67(82)43-69(84)53(10)77(55(12)75(88)47(4)27-31-64-39-65(89-13)35-49(6)93-64)97-73(86)33-25-45(2)23-29-57(79)37-60-18-16-20-61(94-60)40-70(90-14)50(7)66(81)42-68(83)52(9)76(96-72(85)32-24-44)54(11)74(87)46(3)26-30-63-38-58(80)34-48(5)92-63/h16,18-19,22-25,32-33,46-58,60-71,74-84,87-88H,17,20-21,26-31,34-43H2,1-15H3. The fourth-order valence-corrected chi connectivity index (χ4v) is 15.2. The predicted molar refractivity (Wildman–Crippen MR) is 372 cm³/mol. The Morgan fingerprint density at radius 2 is 0.969 bits per heavy atom. The maximum absolute atomic E-state index is 13.9. The van der Waals surface area contributed by atoms with Gasteiger partial charge in [0.25, 0.3) is 0 Å². The summed E-state index contributed by atoms with van der Waals surface area (Å²) < 4.78 is 55.4. The lowest BCUT2D eigenvalue weighted by atomic mass is 9.78. The number of allylic oxidation sites excluding steroid dienone is 5. The van der Waals surface area contributed by atoms with E-state index in [0.29, 0.717) is 87.5 Å². The summed E-state index contributed by atoms with van der Waals surface area (Å²) in [5, 5.41) is 105. The number of hydrogen-bond acceptors (Lipinski definition) is 20. The molecule has 97 heavy (non-hydrogen) atoms. The van der Waals surface area contributed by atoms with Crippen LogP contribution in [-0.2, 0) is 52.2 Å². The Morgan fingerprint density at radius 3 is 1.46 bits per heavy atom. The predicted octanol–water partition coefficient (Wildman–Crippen LogP) is 9.80. The Bertz CT molecular complexity index is 2470. The van der Waals surface area contributed by atoms with Crippen LogP contribution in [-0.4, -0.2) is 207 Å². The number of fused-ring (bicyclic) bond motifs is 4. The molecule has 558 valence electrons. The zero-order valence-electron chi connectivity index (χ0n) is 61.4. The minimum absolute atomic E-state index is 0.0302. The monoisotopic (exact) mass is 1370 g/mol. The van der Waals surface area contributed by atoms with E-state index in [2.05, 4.69) is 0 Å². The van der Waals surface area contributed by atoms with Crippen molar-refractivity contribution in [2.75, 3.05) is 21.3 Å². The van der Waals surface area contributed by atoms with Crippen LogP contribution in [0.25, 0.3) is 0 Å². The molecule has 0 aromatic carbocycles. The van der Waals surface area contributed by atoms with E-state index in [4.69, 9.17) is 42.6 Å². The van der Waals surface area contributed by atoms with E-state index in [1.165, 1.54) is 12.2 Å². The molecule has 0 amide bonds. The van der Waals surface area contributed by atoms with Gasteiger partial charge in [-0.1, -0.05) is 103 Å². The van der Waals surface area contributed by atoms with Crippen LogP contribution < -0.4 is 0 Å². The fraction of sp³-hybridized carbons (Fsp3) is 0.818. The molecule has 0 aromatic rings. The van der Waals surface area contributed by atoms with Crippen LogP contribution >= 0.6 is 0 Å². The maximum Gasteiger partial charge on any atom is 0.331 e. The highest BCUT2D eigenvalue weighted by molar-refractivity contribution is 5.83. The van der Waals surface area contributed by atoms with Crippen molar-refractivity contribution in [2.45, 2.75) is 333 Å². The van der Waals surface area contributed by atoms with Gasteiger partial charge in [-0.3, -0.25) is 0 Å². The van der Waals surface area contributed by atoms with E-state index in [-0.39, 0.29) is 93.1 Å². The molecule has 29 unspecified atom stereocenters. The van der Waals surface area contributed by atoms with Gasteiger partial charge in [0.05, 0.1) is 116 Å². The van der Waals surface area contributed by atoms with Gasteiger partial charge in [0.15, 0.2) is 0 Å². The molecule has 4 bridgehead atoms. The van der Waals surface area contributed by atoms with E-state index in [1.54, 1.807) is 61.2 Å². The summed E-state index contributed by atoms with van der Waals surface area (Å²) >= 11 is 0. The SMILES string of the molecule is COC1CC(C)OC(CCC(C)C(O)C(C)C2OC(=O)C=CC(C)=CCC(O)CC3C=CCC(CC(OC)C(C)C(O)CC(O)C(C)C(C(C)C(O)C(C)CCC4CC(O)CC(C)O4)OC(=O)C=CC(C)=CCC(O)CC4=CCCC(CC(OC)C(C)C(O)CC(O)C2C)O4)O3)C1. The molecule has 5 heterocycles. The second kappa shape index (κ2) is 42.2. The summed E-state index contributed by atoms with van der Waals surface area (Å²) in [5.74, 6) is -4.98. The van der Waals surface area contributed by atoms with E-state index in [0.717, 1.165) is 12.8 Å². The molecule has 0 aliphatic carbocycles. The third-order valence-corrected chi connectivity index (χ3v) is 21.9. The third-order valence-electron chi connectivity index (χ3n) is 21.9. The summed E-state index contributed by atoms with van der Waals surface area (Å²) in [6.45, 7) is 22.3. The Morgan fingerprint density at radius 1 is 0.495 bits per heavy atom. The van der Waals surface area contributed by atoms with Crippen LogP contribution in [0.4, 0.5) is 0 Å². The van der Waals surface area contributed by atoms with Crippen molar-refractivity contribution in [1.29, 1.82) is 0 Å². The molecule has 20 heteroatoms. The van der Waals surface area contributed by atoms with Gasteiger partial charge in [-0.05, 0) is 142 Å². The van der Waals surface area contributed by atoms with Crippen LogP contribution in [0.3, 0.4) is 0 Å². The molecular formula is C77H130O20. The molecule has 2 fully saturated rings. The van der Waals surface area contributed by atoms with Crippen LogP contribution in [0.1, 0.15) is 205 Å². The Kier molecular flexibility index (Phi) is 36.7. The number of methoxy groups -OCH3 is 3. The van der Waals surface area contributed by atoms with Crippen molar-refractivity contribution in [3.05, 3.63) is 71.6 Å². The maximum atomic E-state index is 13.9. The Labute approximate surface area is 581 Å². The number of cyclic esters (lactones) is 2. The topological polar surface area (TPSA) is 299 Å². The molecule has 0 spiro atoms. The lowest BCUT2D eigenvalue weighted by molar-refractivity contribution is -0.158. The first-order chi connectivity index (χ1) is 45.9. The van der Waals surface area contributed by atoms with Crippen molar-refractivity contribution in [3.8, 4) is 0 Å². The number of hydrogen-bond donors (Lipinski definition) is 9. The Balaban J connectivity index is 1.36. The average Bonchev–Trinajstić information content (AvgIpc) is 0.908. The van der Waals surface area contributed by atoms with Crippen LogP contribution in [0.5, 0.6) is 0 Å². The van der Waals surface area contributed by atoms with Crippen molar-refractivity contribution >= 4 is 11.9 Å². The minimum atomic E-state index is -1.18. The molecule has 9 N–H and O–H groups in total. The van der Waals surface area contributed by atoms with Crippen molar-refractivity contribution < 1.29 is 98.2 Å². The number of rotatable bonds is 15. The zero-order chi connectivity index (χ0) is 71.8. The molecular weight excluding hydrogens is 1240 g/mol. The largest absolute Gasteiger partial charge is 0.495 e. The molecule has 2 saturated heterocycles. The Hall–Kier alpha value is -3.42. The number of esters is 2. The normalized spacial score (nSPS) is 38.9. The van der Waals surface area contributed by atoms with Gasteiger partial charge >= 0.3 is 11.9 Å². The molecule has 0 radical (unpaired) electrons.